The summed E-state index contributed by atoms with van der Waals surface area (Å²) < 4.78 is 5.52. The summed E-state index contributed by atoms with van der Waals surface area (Å²) in [4.78, 5) is 36.1. The van der Waals surface area contributed by atoms with Crippen molar-refractivity contribution < 1.29 is 24.2 Å². The number of carboxylic acid groups (broad SMARTS) is 1. The van der Waals surface area contributed by atoms with Crippen molar-refractivity contribution in [2.24, 2.45) is 5.92 Å². The van der Waals surface area contributed by atoms with Gasteiger partial charge in [-0.1, -0.05) is 68.8 Å². The normalized spacial score (nSPS) is 15.2. The molecule has 0 radical (unpaired) electrons. The van der Waals surface area contributed by atoms with Crippen LogP contribution in [0.15, 0.2) is 48.5 Å². The Hall–Kier alpha value is -3.35. The van der Waals surface area contributed by atoms with Crippen LogP contribution >= 0.6 is 0 Å². The summed E-state index contributed by atoms with van der Waals surface area (Å²) in [6.07, 6.45) is -0.0753. The monoisotopic (exact) mass is 424 g/mol. The molecule has 0 spiro atoms. The molecule has 31 heavy (non-hydrogen) atoms. The molecule has 2 amide bonds. The van der Waals surface area contributed by atoms with Crippen LogP contribution in [0.2, 0.25) is 0 Å². The lowest BCUT2D eigenvalue weighted by atomic mass is 9.98. The number of rotatable bonds is 8. The van der Waals surface area contributed by atoms with Crippen LogP contribution in [0.3, 0.4) is 0 Å². The number of hydrogen-bond donors (Lipinski definition) is 3. The highest BCUT2D eigenvalue weighted by atomic mass is 16.5. The van der Waals surface area contributed by atoms with E-state index in [4.69, 9.17) is 9.84 Å². The van der Waals surface area contributed by atoms with E-state index in [9.17, 15) is 14.4 Å². The van der Waals surface area contributed by atoms with Gasteiger partial charge in [0, 0.05) is 5.92 Å². The molecule has 2 aromatic carbocycles. The highest BCUT2D eigenvalue weighted by Crippen LogP contribution is 2.44. The third-order valence-electron chi connectivity index (χ3n) is 5.84. The lowest BCUT2D eigenvalue weighted by Crippen LogP contribution is -2.53. The largest absolute Gasteiger partial charge is 0.480 e. The van der Waals surface area contributed by atoms with Crippen LogP contribution in [-0.2, 0) is 14.3 Å². The van der Waals surface area contributed by atoms with Crippen molar-refractivity contribution in [2.75, 3.05) is 6.61 Å². The number of fused-ring (bicyclic) bond motifs is 3. The molecule has 3 atom stereocenters. The van der Waals surface area contributed by atoms with E-state index in [1.165, 1.54) is 6.92 Å². The van der Waals surface area contributed by atoms with Gasteiger partial charge in [0.15, 0.2) is 0 Å². The average Bonchev–Trinajstić information content (AvgIpc) is 3.09. The molecule has 3 N–H and O–H groups in total. The molecule has 1 aliphatic carbocycles. The maximum absolute atomic E-state index is 12.5. The van der Waals surface area contributed by atoms with Crippen LogP contribution in [0.4, 0.5) is 4.79 Å². The van der Waals surface area contributed by atoms with Crippen molar-refractivity contribution in [3.05, 3.63) is 59.7 Å². The lowest BCUT2D eigenvalue weighted by molar-refractivity contribution is -0.141. The first-order valence-corrected chi connectivity index (χ1v) is 10.5. The fraction of sp³-hybridized carbons (Fsp3) is 0.375. The minimum atomic E-state index is -1.14. The second-order valence-electron chi connectivity index (χ2n) is 7.90. The summed E-state index contributed by atoms with van der Waals surface area (Å²) in [6.45, 7) is 5.23. The molecule has 7 nitrogen and oxygen atoms in total. The number of hydrogen-bond acceptors (Lipinski definition) is 4. The summed E-state index contributed by atoms with van der Waals surface area (Å²) in [6, 6.07) is 14.1. The van der Waals surface area contributed by atoms with E-state index in [0.29, 0.717) is 6.42 Å². The number of carbonyl (C=O) groups is 3. The Balaban J connectivity index is 1.68. The second kappa shape index (κ2) is 9.64. The summed E-state index contributed by atoms with van der Waals surface area (Å²) in [5, 5.41) is 14.1. The number of carboxylic acids is 1. The maximum Gasteiger partial charge on any atom is 0.407 e. The van der Waals surface area contributed by atoms with E-state index in [0.717, 1.165) is 22.3 Å². The van der Waals surface area contributed by atoms with Crippen LogP contribution in [0.5, 0.6) is 0 Å². The molecule has 1 aliphatic rings. The number of carbonyl (C=O) groups excluding carboxylic acids is 2. The van der Waals surface area contributed by atoms with E-state index in [1.54, 1.807) is 0 Å². The molecule has 3 rings (SSSR count). The van der Waals surface area contributed by atoms with E-state index in [-0.39, 0.29) is 18.4 Å². The molecule has 164 valence electrons. The van der Waals surface area contributed by atoms with Crippen molar-refractivity contribution >= 4 is 18.0 Å². The lowest BCUT2D eigenvalue weighted by Gasteiger charge is -2.24. The molecule has 2 aromatic rings. The van der Waals surface area contributed by atoms with Crippen LogP contribution in [-0.4, -0.2) is 41.8 Å². The van der Waals surface area contributed by atoms with Gasteiger partial charge < -0.3 is 20.5 Å². The Kier molecular flexibility index (Phi) is 6.95. The first-order valence-electron chi connectivity index (χ1n) is 10.5. The van der Waals surface area contributed by atoms with Crippen LogP contribution in [0.25, 0.3) is 11.1 Å². The predicted molar refractivity (Wildman–Crippen MR) is 117 cm³/mol. The van der Waals surface area contributed by atoms with Crippen molar-refractivity contribution in [1.82, 2.24) is 10.6 Å². The standard InChI is InChI=1S/C24H28N2O5/c1-4-14(2)21(22(27)25-15(3)23(28)29)26-24(30)31-13-20-18-11-7-5-9-16(18)17-10-6-8-12-19(17)20/h5-12,14-15,20-21H,4,13H2,1-3H3,(H,25,27)(H,26,30)(H,28,29)/t14-,15?,21-/m0/s1. The van der Waals surface area contributed by atoms with Gasteiger partial charge in [0.05, 0.1) is 0 Å². The Morgan fingerprint density at radius 1 is 0.968 bits per heavy atom. The molecular formula is C24H28N2O5. The van der Waals surface area contributed by atoms with Crippen LogP contribution < -0.4 is 10.6 Å². The number of alkyl carbamates (subject to hydrolysis) is 1. The smallest absolute Gasteiger partial charge is 0.407 e. The van der Waals surface area contributed by atoms with Crippen molar-refractivity contribution in [3.63, 3.8) is 0 Å². The first kappa shape index (κ1) is 22.3. The van der Waals surface area contributed by atoms with E-state index in [2.05, 4.69) is 22.8 Å². The molecule has 0 bridgehead atoms. The molecule has 0 aromatic heterocycles. The number of ether oxygens (including phenoxy) is 1. The average molecular weight is 424 g/mol. The molecule has 0 aliphatic heterocycles. The van der Waals surface area contributed by atoms with Crippen molar-refractivity contribution in [1.29, 1.82) is 0 Å². The summed E-state index contributed by atoms with van der Waals surface area (Å²) >= 11 is 0. The molecule has 0 saturated heterocycles. The van der Waals surface area contributed by atoms with E-state index < -0.39 is 30.1 Å². The zero-order valence-electron chi connectivity index (χ0n) is 17.9. The van der Waals surface area contributed by atoms with E-state index in [1.807, 2.05) is 50.2 Å². The van der Waals surface area contributed by atoms with Gasteiger partial charge in [0.2, 0.25) is 5.91 Å². The number of aliphatic carboxylic acids is 1. The number of nitrogens with one attached hydrogen (secondary N) is 2. The van der Waals surface area contributed by atoms with E-state index >= 15 is 0 Å². The first-order chi connectivity index (χ1) is 14.8. The van der Waals surface area contributed by atoms with Gasteiger partial charge in [-0.3, -0.25) is 9.59 Å². The van der Waals surface area contributed by atoms with Crippen LogP contribution in [0.1, 0.15) is 44.2 Å². The summed E-state index contributed by atoms with van der Waals surface area (Å²) in [7, 11) is 0. The summed E-state index contributed by atoms with van der Waals surface area (Å²) in [5.41, 5.74) is 4.46. The number of benzene rings is 2. The Bertz CT molecular complexity index is 928. The van der Waals surface area contributed by atoms with Gasteiger partial charge in [-0.05, 0) is 35.1 Å². The molecular weight excluding hydrogens is 396 g/mol. The quantitative estimate of drug-likeness (QED) is 0.601. The van der Waals surface area contributed by atoms with Gasteiger partial charge in [-0.15, -0.1) is 0 Å². The molecule has 0 heterocycles. The highest BCUT2D eigenvalue weighted by molar-refractivity contribution is 5.89. The second-order valence-corrected chi connectivity index (χ2v) is 7.90. The third kappa shape index (κ3) is 4.87. The van der Waals surface area contributed by atoms with Gasteiger partial charge in [0.25, 0.3) is 0 Å². The molecule has 0 fully saturated rings. The topological polar surface area (TPSA) is 105 Å². The SMILES string of the molecule is CC[C@H](C)[C@H](NC(=O)OCC1c2ccccc2-c2ccccc21)C(=O)NC(C)C(=O)O. The molecule has 1 unspecified atom stereocenters. The molecule has 0 saturated carbocycles. The van der Waals surface area contributed by atoms with Gasteiger partial charge in [-0.2, -0.15) is 0 Å². The van der Waals surface area contributed by atoms with Crippen molar-refractivity contribution in [3.8, 4) is 11.1 Å². The fourth-order valence-electron chi connectivity index (χ4n) is 3.83. The van der Waals surface area contributed by atoms with Crippen molar-refractivity contribution in [2.45, 2.75) is 45.2 Å². The Morgan fingerprint density at radius 3 is 2.03 bits per heavy atom. The van der Waals surface area contributed by atoms with Gasteiger partial charge >= 0.3 is 12.1 Å². The minimum Gasteiger partial charge on any atom is -0.480 e. The minimum absolute atomic E-state index is 0.0824. The van der Waals surface area contributed by atoms with Gasteiger partial charge in [-0.25, -0.2) is 4.79 Å². The summed E-state index contributed by atoms with van der Waals surface area (Å²) in [5.74, 6) is -1.96. The maximum atomic E-state index is 12.5. The Morgan fingerprint density at radius 2 is 1.52 bits per heavy atom. The highest BCUT2D eigenvalue weighted by Gasteiger charge is 2.31. The molecule has 7 heteroatoms. The predicted octanol–water partition coefficient (Wildman–Crippen LogP) is 3.53. The van der Waals surface area contributed by atoms with Gasteiger partial charge in [0.1, 0.15) is 18.7 Å². The fourth-order valence-corrected chi connectivity index (χ4v) is 3.83. The third-order valence-corrected chi connectivity index (χ3v) is 5.84. The zero-order chi connectivity index (χ0) is 22.5. The number of amides is 2. The Labute approximate surface area is 181 Å². The zero-order valence-corrected chi connectivity index (χ0v) is 17.9. The van der Waals surface area contributed by atoms with Crippen LogP contribution in [0, 0.1) is 5.92 Å².